The van der Waals surface area contributed by atoms with E-state index in [1.165, 1.54) is 12.4 Å². The summed E-state index contributed by atoms with van der Waals surface area (Å²) in [5.41, 5.74) is 1.10. The summed E-state index contributed by atoms with van der Waals surface area (Å²) in [6.45, 7) is 0.357. The third kappa shape index (κ3) is 4.30. The molecule has 0 radical (unpaired) electrons. The molecule has 1 aliphatic heterocycles. The van der Waals surface area contributed by atoms with E-state index >= 15 is 0 Å². The molecule has 1 aliphatic rings. The van der Waals surface area contributed by atoms with E-state index in [1.807, 2.05) is 6.07 Å². The van der Waals surface area contributed by atoms with Gasteiger partial charge >= 0.3 is 0 Å². The number of carbonyl (C=O) groups is 1. The minimum absolute atomic E-state index is 0.107. The van der Waals surface area contributed by atoms with Crippen LogP contribution in [0.5, 0.6) is 0 Å². The van der Waals surface area contributed by atoms with Gasteiger partial charge < -0.3 is 10.2 Å². The van der Waals surface area contributed by atoms with Gasteiger partial charge in [-0.05, 0) is 18.1 Å². The number of nitrogens with one attached hydrogen (secondary N) is 1. The number of nitrogens with zero attached hydrogens (tertiary/aromatic N) is 4. The monoisotopic (exact) mass is 361 g/mol. The molecule has 2 aromatic heterocycles. The SMILES string of the molecule is CN(c1cnc(C(=O)NCc2cccnc2)cn1)C1CCS(=O)(=O)C1. The van der Waals surface area contributed by atoms with E-state index < -0.39 is 9.84 Å². The number of pyridine rings is 1. The van der Waals surface area contributed by atoms with E-state index in [4.69, 9.17) is 0 Å². The Bertz CT molecular complexity index is 840. The molecule has 0 bridgehead atoms. The molecular formula is C16H19N5O3S. The van der Waals surface area contributed by atoms with Gasteiger partial charge in [-0.3, -0.25) is 9.78 Å². The Morgan fingerprint density at radius 3 is 2.76 bits per heavy atom. The topological polar surface area (TPSA) is 105 Å². The molecule has 0 saturated carbocycles. The van der Waals surface area contributed by atoms with Crippen molar-refractivity contribution in [3.05, 3.63) is 48.2 Å². The zero-order valence-corrected chi connectivity index (χ0v) is 14.6. The summed E-state index contributed by atoms with van der Waals surface area (Å²) in [5.74, 6) is 0.544. The Kier molecular flexibility index (Phi) is 4.93. The molecule has 9 heteroatoms. The van der Waals surface area contributed by atoms with E-state index in [0.717, 1.165) is 5.56 Å². The van der Waals surface area contributed by atoms with Gasteiger partial charge in [0.05, 0.1) is 23.9 Å². The van der Waals surface area contributed by atoms with Crippen LogP contribution < -0.4 is 10.2 Å². The summed E-state index contributed by atoms with van der Waals surface area (Å²) in [6.07, 6.45) is 6.81. The van der Waals surface area contributed by atoms with Gasteiger partial charge in [0.1, 0.15) is 11.5 Å². The molecule has 25 heavy (non-hydrogen) atoms. The van der Waals surface area contributed by atoms with Crippen LogP contribution in [0.15, 0.2) is 36.9 Å². The maximum absolute atomic E-state index is 12.1. The van der Waals surface area contributed by atoms with Crippen LogP contribution >= 0.6 is 0 Å². The summed E-state index contributed by atoms with van der Waals surface area (Å²) in [4.78, 5) is 26.3. The van der Waals surface area contributed by atoms with Crippen LogP contribution in [0.1, 0.15) is 22.5 Å². The molecule has 1 unspecified atom stereocenters. The van der Waals surface area contributed by atoms with Crippen molar-refractivity contribution in [2.45, 2.75) is 19.0 Å². The average molecular weight is 361 g/mol. The molecule has 2 aromatic rings. The fraction of sp³-hybridized carbons (Fsp3) is 0.375. The van der Waals surface area contributed by atoms with Crippen LogP contribution in [0.25, 0.3) is 0 Å². The zero-order chi connectivity index (χ0) is 17.9. The molecule has 3 rings (SSSR count). The summed E-state index contributed by atoms with van der Waals surface area (Å²) in [5, 5.41) is 2.76. The summed E-state index contributed by atoms with van der Waals surface area (Å²) < 4.78 is 23.2. The molecule has 1 fully saturated rings. The highest BCUT2D eigenvalue weighted by atomic mass is 32.2. The standard InChI is InChI=1S/C16H19N5O3S/c1-21(13-4-6-25(23,24)11-13)15-10-18-14(9-19-15)16(22)20-8-12-3-2-5-17-7-12/h2-3,5,7,9-10,13H,4,6,8,11H2,1H3,(H,20,22). The van der Waals surface area contributed by atoms with Crippen molar-refractivity contribution in [2.75, 3.05) is 23.5 Å². The lowest BCUT2D eigenvalue weighted by molar-refractivity contribution is 0.0945. The van der Waals surface area contributed by atoms with Gasteiger partial charge in [0.15, 0.2) is 9.84 Å². The van der Waals surface area contributed by atoms with Gasteiger partial charge in [-0.15, -0.1) is 0 Å². The fourth-order valence-corrected chi connectivity index (χ4v) is 4.44. The predicted octanol–water partition coefficient (Wildman–Crippen LogP) is 0.425. The molecule has 132 valence electrons. The number of sulfone groups is 1. The first-order valence-electron chi connectivity index (χ1n) is 7.87. The highest BCUT2D eigenvalue weighted by Gasteiger charge is 2.31. The highest BCUT2D eigenvalue weighted by Crippen LogP contribution is 2.20. The maximum atomic E-state index is 12.1. The number of amides is 1. The number of aromatic nitrogens is 3. The average Bonchev–Trinajstić information content (AvgIpc) is 3.00. The van der Waals surface area contributed by atoms with Crippen LogP contribution in [0, 0.1) is 0 Å². The number of rotatable bonds is 5. The Morgan fingerprint density at radius 2 is 2.16 bits per heavy atom. The lowest BCUT2D eigenvalue weighted by Gasteiger charge is -2.23. The number of hydrogen-bond acceptors (Lipinski definition) is 7. The number of anilines is 1. The van der Waals surface area contributed by atoms with Crippen LogP contribution in [0.3, 0.4) is 0 Å². The zero-order valence-electron chi connectivity index (χ0n) is 13.8. The van der Waals surface area contributed by atoms with Crippen molar-refractivity contribution >= 4 is 21.6 Å². The van der Waals surface area contributed by atoms with E-state index in [-0.39, 0.29) is 29.1 Å². The van der Waals surface area contributed by atoms with Gasteiger partial charge in [0.25, 0.3) is 5.91 Å². The largest absolute Gasteiger partial charge is 0.354 e. The van der Waals surface area contributed by atoms with Gasteiger partial charge in [-0.25, -0.2) is 18.4 Å². The first kappa shape index (κ1) is 17.3. The first-order chi connectivity index (χ1) is 11.9. The van der Waals surface area contributed by atoms with Crippen molar-refractivity contribution in [1.82, 2.24) is 20.3 Å². The van der Waals surface area contributed by atoms with E-state index in [1.54, 1.807) is 30.4 Å². The molecule has 1 amide bonds. The second kappa shape index (κ2) is 7.14. The Morgan fingerprint density at radius 1 is 1.32 bits per heavy atom. The number of hydrogen-bond donors (Lipinski definition) is 1. The summed E-state index contributed by atoms with van der Waals surface area (Å²) in [7, 11) is -1.17. The molecule has 1 saturated heterocycles. The smallest absolute Gasteiger partial charge is 0.271 e. The second-order valence-corrected chi connectivity index (χ2v) is 8.20. The van der Waals surface area contributed by atoms with E-state index in [9.17, 15) is 13.2 Å². The quantitative estimate of drug-likeness (QED) is 0.823. The molecule has 0 aromatic carbocycles. The van der Waals surface area contributed by atoms with Gasteiger partial charge in [-0.2, -0.15) is 0 Å². The van der Waals surface area contributed by atoms with Crippen LogP contribution in [0.4, 0.5) is 5.82 Å². The molecule has 1 N–H and O–H groups in total. The molecule has 0 aliphatic carbocycles. The Hall–Kier alpha value is -2.55. The van der Waals surface area contributed by atoms with Gasteiger partial charge in [0.2, 0.25) is 0 Å². The lowest BCUT2D eigenvalue weighted by Crippen LogP contribution is -2.33. The van der Waals surface area contributed by atoms with Crippen molar-refractivity contribution < 1.29 is 13.2 Å². The first-order valence-corrected chi connectivity index (χ1v) is 9.69. The van der Waals surface area contributed by atoms with Crippen LogP contribution in [0.2, 0.25) is 0 Å². The van der Waals surface area contributed by atoms with E-state index in [2.05, 4.69) is 20.3 Å². The van der Waals surface area contributed by atoms with Crippen molar-refractivity contribution in [2.24, 2.45) is 0 Å². The summed E-state index contributed by atoms with van der Waals surface area (Å²) in [6, 6.07) is 3.56. The molecule has 3 heterocycles. The maximum Gasteiger partial charge on any atom is 0.271 e. The van der Waals surface area contributed by atoms with Crippen molar-refractivity contribution in [3.8, 4) is 0 Å². The second-order valence-electron chi connectivity index (χ2n) is 5.97. The Balaban J connectivity index is 1.60. The summed E-state index contributed by atoms with van der Waals surface area (Å²) >= 11 is 0. The lowest BCUT2D eigenvalue weighted by atomic mass is 10.2. The third-order valence-corrected chi connectivity index (χ3v) is 5.91. The van der Waals surface area contributed by atoms with Crippen molar-refractivity contribution in [3.63, 3.8) is 0 Å². The molecule has 0 spiro atoms. The minimum Gasteiger partial charge on any atom is -0.354 e. The predicted molar refractivity (Wildman–Crippen MR) is 92.9 cm³/mol. The third-order valence-electron chi connectivity index (χ3n) is 4.16. The van der Waals surface area contributed by atoms with Crippen LogP contribution in [-0.4, -0.2) is 53.9 Å². The fourth-order valence-electron chi connectivity index (χ4n) is 2.66. The van der Waals surface area contributed by atoms with E-state index in [0.29, 0.717) is 18.8 Å². The molecule has 1 atom stereocenters. The number of carbonyl (C=O) groups excluding carboxylic acids is 1. The van der Waals surface area contributed by atoms with Crippen LogP contribution in [-0.2, 0) is 16.4 Å². The molecular weight excluding hydrogens is 342 g/mol. The van der Waals surface area contributed by atoms with Gasteiger partial charge in [-0.1, -0.05) is 6.07 Å². The normalized spacial score (nSPS) is 18.7. The Labute approximate surface area is 146 Å². The molecule has 8 nitrogen and oxygen atoms in total. The van der Waals surface area contributed by atoms with Gasteiger partial charge in [0, 0.05) is 32.0 Å². The van der Waals surface area contributed by atoms with Crippen molar-refractivity contribution in [1.29, 1.82) is 0 Å². The minimum atomic E-state index is -2.96. The highest BCUT2D eigenvalue weighted by molar-refractivity contribution is 7.91.